The van der Waals surface area contributed by atoms with Crippen LogP contribution in [0, 0.1) is 12.8 Å². The van der Waals surface area contributed by atoms with Crippen LogP contribution in [-0.2, 0) is 0 Å². The third-order valence-electron chi connectivity index (χ3n) is 3.84. The number of carbonyl (C=O) groups is 1. The van der Waals surface area contributed by atoms with Crippen LogP contribution in [0.15, 0.2) is 16.9 Å². The minimum atomic E-state index is -0.348. The van der Waals surface area contributed by atoms with Gasteiger partial charge in [-0.25, -0.2) is 0 Å². The molecule has 5 nitrogen and oxygen atoms in total. The number of nitrogens with one attached hydrogen (secondary N) is 2. The van der Waals surface area contributed by atoms with Gasteiger partial charge in [0.1, 0.15) is 5.56 Å². The summed E-state index contributed by atoms with van der Waals surface area (Å²) in [5, 5.41) is 2.90. The SMILES string of the molecule is Cc1ccc(C(=O)NC(CN)C2CCCC2)c(=O)[nH]1. The zero-order valence-electron chi connectivity index (χ0n) is 11.2. The summed E-state index contributed by atoms with van der Waals surface area (Å²) in [5.74, 6) is 0.113. The topological polar surface area (TPSA) is 88.0 Å². The maximum absolute atomic E-state index is 12.1. The molecular weight excluding hydrogens is 242 g/mol. The molecule has 5 heteroatoms. The van der Waals surface area contributed by atoms with Crippen molar-refractivity contribution < 1.29 is 4.79 Å². The summed E-state index contributed by atoms with van der Waals surface area (Å²) in [5.41, 5.74) is 6.29. The maximum atomic E-state index is 12.1. The van der Waals surface area contributed by atoms with Crippen LogP contribution in [0.1, 0.15) is 41.7 Å². The zero-order chi connectivity index (χ0) is 13.8. The number of aromatic nitrogens is 1. The molecule has 1 aliphatic carbocycles. The number of pyridine rings is 1. The van der Waals surface area contributed by atoms with Crippen molar-refractivity contribution in [3.63, 3.8) is 0 Å². The Bertz CT molecular complexity index is 504. The molecule has 0 aliphatic heterocycles. The van der Waals surface area contributed by atoms with Crippen molar-refractivity contribution in [2.45, 2.75) is 38.6 Å². The van der Waals surface area contributed by atoms with Crippen LogP contribution in [-0.4, -0.2) is 23.5 Å². The second-order valence-corrected chi connectivity index (χ2v) is 5.24. The van der Waals surface area contributed by atoms with Crippen molar-refractivity contribution >= 4 is 5.91 Å². The van der Waals surface area contributed by atoms with Gasteiger partial charge in [-0.1, -0.05) is 12.8 Å². The minimum absolute atomic E-state index is 0.0318. The van der Waals surface area contributed by atoms with Gasteiger partial charge in [-0.05, 0) is 37.8 Å². The molecule has 104 valence electrons. The number of rotatable bonds is 4. The van der Waals surface area contributed by atoms with Crippen molar-refractivity contribution in [3.05, 3.63) is 33.7 Å². The van der Waals surface area contributed by atoms with Crippen LogP contribution in [0.5, 0.6) is 0 Å². The van der Waals surface area contributed by atoms with Gasteiger partial charge in [-0.15, -0.1) is 0 Å². The van der Waals surface area contributed by atoms with Crippen LogP contribution >= 0.6 is 0 Å². The van der Waals surface area contributed by atoms with Crippen molar-refractivity contribution in [2.24, 2.45) is 11.7 Å². The van der Waals surface area contributed by atoms with Crippen LogP contribution in [0.25, 0.3) is 0 Å². The molecule has 2 rings (SSSR count). The quantitative estimate of drug-likeness (QED) is 0.755. The Balaban J connectivity index is 2.08. The average molecular weight is 263 g/mol. The van der Waals surface area contributed by atoms with E-state index >= 15 is 0 Å². The fourth-order valence-corrected chi connectivity index (χ4v) is 2.73. The van der Waals surface area contributed by atoms with Crippen LogP contribution in [0.2, 0.25) is 0 Å². The highest BCUT2D eigenvalue weighted by atomic mass is 16.2. The first-order valence-corrected chi connectivity index (χ1v) is 6.82. The van der Waals surface area contributed by atoms with Gasteiger partial charge in [0.25, 0.3) is 11.5 Å². The van der Waals surface area contributed by atoms with E-state index in [1.807, 2.05) is 0 Å². The summed E-state index contributed by atoms with van der Waals surface area (Å²) in [4.78, 5) is 26.5. The van der Waals surface area contributed by atoms with Gasteiger partial charge >= 0.3 is 0 Å². The molecule has 1 saturated carbocycles. The Hall–Kier alpha value is -1.62. The fraction of sp³-hybridized carbons (Fsp3) is 0.571. The molecular formula is C14H21N3O2. The first kappa shape index (κ1) is 13.8. The second kappa shape index (κ2) is 6.02. The highest BCUT2D eigenvalue weighted by Crippen LogP contribution is 2.27. The average Bonchev–Trinajstić information content (AvgIpc) is 2.89. The largest absolute Gasteiger partial charge is 0.348 e. The summed E-state index contributed by atoms with van der Waals surface area (Å²) in [6.45, 7) is 2.20. The highest BCUT2D eigenvalue weighted by molar-refractivity contribution is 5.94. The van der Waals surface area contributed by atoms with E-state index in [1.54, 1.807) is 19.1 Å². The normalized spacial score (nSPS) is 17.4. The number of hydrogen-bond donors (Lipinski definition) is 3. The number of hydrogen-bond acceptors (Lipinski definition) is 3. The molecule has 0 spiro atoms. The van der Waals surface area contributed by atoms with Crippen LogP contribution < -0.4 is 16.6 Å². The minimum Gasteiger partial charge on any atom is -0.348 e. The van der Waals surface area contributed by atoms with Crippen LogP contribution in [0.3, 0.4) is 0 Å². The summed E-state index contributed by atoms with van der Waals surface area (Å²) in [6, 6.07) is 3.26. The predicted molar refractivity (Wildman–Crippen MR) is 74.1 cm³/mol. The third kappa shape index (κ3) is 3.23. The van der Waals surface area contributed by atoms with Gasteiger partial charge in [-0.2, -0.15) is 0 Å². The second-order valence-electron chi connectivity index (χ2n) is 5.24. The molecule has 0 bridgehead atoms. The summed E-state index contributed by atoms with van der Waals surface area (Å²) in [6.07, 6.45) is 4.60. The molecule has 1 atom stereocenters. The molecule has 1 aliphatic rings. The Morgan fingerprint density at radius 2 is 2.16 bits per heavy atom. The van der Waals surface area contributed by atoms with Crippen molar-refractivity contribution in [1.29, 1.82) is 0 Å². The van der Waals surface area contributed by atoms with Gasteiger partial charge in [0, 0.05) is 18.3 Å². The highest BCUT2D eigenvalue weighted by Gasteiger charge is 2.26. The summed E-state index contributed by atoms with van der Waals surface area (Å²) >= 11 is 0. The maximum Gasteiger partial charge on any atom is 0.260 e. The Morgan fingerprint density at radius 3 is 2.74 bits per heavy atom. The van der Waals surface area contributed by atoms with Crippen molar-refractivity contribution in [2.75, 3.05) is 6.54 Å². The lowest BCUT2D eigenvalue weighted by atomic mass is 9.98. The third-order valence-corrected chi connectivity index (χ3v) is 3.84. The molecule has 1 heterocycles. The van der Waals surface area contributed by atoms with E-state index in [0.29, 0.717) is 12.5 Å². The van der Waals surface area contributed by atoms with E-state index in [2.05, 4.69) is 10.3 Å². The molecule has 0 aromatic carbocycles. The Kier molecular flexibility index (Phi) is 4.37. The lowest BCUT2D eigenvalue weighted by Gasteiger charge is -2.22. The Morgan fingerprint density at radius 1 is 1.47 bits per heavy atom. The zero-order valence-corrected chi connectivity index (χ0v) is 11.2. The van der Waals surface area contributed by atoms with E-state index < -0.39 is 0 Å². The number of nitrogens with two attached hydrogens (primary N) is 1. The number of aromatic amines is 1. The predicted octanol–water partition coefficient (Wildman–Crippen LogP) is 0.931. The summed E-state index contributed by atoms with van der Waals surface area (Å²) in [7, 11) is 0. The standard InChI is InChI=1S/C14H21N3O2/c1-9-6-7-11(13(18)16-9)14(19)17-12(8-15)10-4-2-3-5-10/h6-7,10,12H,2-5,8,15H2,1H3,(H,16,18)(H,17,19). The number of amides is 1. The molecule has 0 saturated heterocycles. The molecule has 1 amide bonds. The number of carbonyl (C=O) groups excluding carboxylic acids is 1. The number of H-pyrrole nitrogens is 1. The molecule has 4 N–H and O–H groups in total. The Labute approximate surface area is 112 Å². The van der Waals surface area contributed by atoms with E-state index in [1.165, 1.54) is 12.8 Å². The van der Waals surface area contributed by atoms with Crippen molar-refractivity contribution in [1.82, 2.24) is 10.3 Å². The lowest BCUT2D eigenvalue weighted by molar-refractivity contribution is 0.0922. The molecule has 1 unspecified atom stereocenters. The first-order valence-electron chi connectivity index (χ1n) is 6.82. The molecule has 19 heavy (non-hydrogen) atoms. The van der Waals surface area contributed by atoms with E-state index in [9.17, 15) is 9.59 Å². The van der Waals surface area contributed by atoms with Crippen LogP contribution in [0.4, 0.5) is 0 Å². The van der Waals surface area contributed by atoms with Gasteiger partial charge in [0.05, 0.1) is 0 Å². The first-order chi connectivity index (χ1) is 9.11. The fourth-order valence-electron chi connectivity index (χ4n) is 2.73. The van der Waals surface area contributed by atoms with Gasteiger partial charge in [0.2, 0.25) is 0 Å². The van der Waals surface area contributed by atoms with E-state index in [4.69, 9.17) is 5.73 Å². The molecule has 1 aromatic heterocycles. The van der Waals surface area contributed by atoms with E-state index in [0.717, 1.165) is 18.5 Å². The summed E-state index contributed by atoms with van der Waals surface area (Å²) < 4.78 is 0. The molecule has 0 radical (unpaired) electrons. The molecule has 1 aromatic rings. The van der Waals surface area contributed by atoms with Gasteiger partial charge < -0.3 is 16.0 Å². The lowest BCUT2D eigenvalue weighted by Crippen LogP contribution is -2.45. The van der Waals surface area contributed by atoms with Crippen molar-refractivity contribution in [3.8, 4) is 0 Å². The monoisotopic (exact) mass is 263 g/mol. The number of aryl methyl sites for hydroxylation is 1. The van der Waals surface area contributed by atoms with E-state index in [-0.39, 0.29) is 23.1 Å². The van der Waals surface area contributed by atoms with Gasteiger partial charge in [0.15, 0.2) is 0 Å². The smallest absolute Gasteiger partial charge is 0.260 e. The molecule has 1 fully saturated rings. The van der Waals surface area contributed by atoms with Gasteiger partial charge in [-0.3, -0.25) is 9.59 Å².